The first-order chi connectivity index (χ1) is 2.27. The Labute approximate surface area is 83.5 Å². The largest absolute Gasteiger partial charge is 0.278 e. The minimum Gasteiger partial charge on any atom is -0.278 e. The molecule has 37 valence electrons. The summed E-state index contributed by atoms with van der Waals surface area (Å²) in [5.41, 5.74) is 0. The standard InChI is InChI=1S/C3H5OP.W.Y/c1-3-5(2)4;;/h3H,1-2H2;;. The van der Waals surface area contributed by atoms with Crippen molar-refractivity contribution in [1.29, 1.82) is 0 Å². The van der Waals surface area contributed by atoms with Gasteiger partial charge in [-0.25, -0.2) is 0 Å². The zero-order chi connectivity index (χ0) is 4.28. The molecule has 0 aliphatic carbocycles. The summed E-state index contributed by atoms with van der Waals surface area (Å²) < 4.78 is 9.73. The molecule has 0 spiro atoms. The van der Waals surface area contributed by atoms with E-state index < -0.39 is 7.42 Å². The van der Waals surface area contributed by atoms with E-state index in [1.54, 1.807) is 0 Å². The van der Waals surface area contributed by atoms with E-state index in [2.05, 4.69) is 12.9 Å². The smallest absolute Gasteiger partial charge is 0.113 e. The Kier molecular flexibility index (Phi) is 23.7. The van der Waals surface area contributed by atoms with E-state index in [0.717, 1.165) is 0 Å². The predicted molar refractivity (Wildman–Crippen MR) is 24.9 cm³/mol. The summed E-state index contributed by atoms with van der Waals surface area (Å²) in [5.74, 6) is 1.31. The van der Waals surface area contributed by atoms with Crippen molar-refractivity contribution >= 4 is 13.7 Å². The molecule has 0 saturated carbocycles. The summed E-state index contributed by atoms with van der Waals surface area (Å²) in [4.78, 5) is 0. The first-order valence-corrected chi connectivity index (χ1v) is 2.68. The van der Waals surface area contributed by atoms with Crippen molar-refractivity contribution in [3.63, 3.8) is 0 Å². The Balaban J connectivity index is -0.0000000800. The molecule has 0 amide bonds. The molecule has 0 N–H and O–H groups in total. The predicted octanol–water partition coefficient (Wildman–Crippen LogP) is 1.38. The Morgan fingerprint density at radius 2 is 1.71 bits per heavy atom. The van der Waals surface area contributed by atoms with Crippen LogP contribution in [0.3, 0.4) is 0 Å². The van der Waals surface area contributed by atoms with Gasteiger partial charge in [-0.05, 0) is 12.1 Å². The van der Waals surface area contributed by atoms with Crippen molar-refractivity contribution in [2.45, 2.75) is 0 Å². The molecular weight excluding hydrogens is 356 g/mol. The van der Waals surface area contributed by atoms with Crippen molar-refractivity contribution in [3.05, 3.63) is 12.4 Å². The number of hydrogen-bond donors (Lipinski definition) is 0. The second-order valence-corrected chi connectivity index (χ2v) is 1.80. The molecule has 7 heavy (non-hydrogen) atoms. The fourth-order valence-corrected chi connectivity index (χ4v) is 0. The zero-order valence-corrected chi connectivity index (χ0v) is 10.5. The summed E-state index contributed by atoms with van der Waals surface area (Å²) in [6.07, 6.45) is 3.15. The van der Waals surface area contributed by atoms with Crippen LogP contribution >= 0.6 is 7.42 Å². The van der Waals surface area contributed by atoms with E-state index in [-0.39, 0.29) is 53.8 Å². The van der Waals surface area contributed by atoms with Crippen LogP contribution in [0.25, 0.3) is 0 Å². The fourth-order valence-electron chi connectivity index (χ4n) is 0. The minimum atomic E-state index is -1.33. The van der Waals surface area contributed by atoms with Gasteiger partial charge in [0.2, 0.25) is 0 Å². The van der Waals surface area contributed by atoms with Gasteiger partial charge in [-0.2, -0.15) is 0 Å². The van der Waals surface area contributed by atoms with Gasteiger partial charge in [-0.3, -0.25) is 4.57 Å². The zero-order valence-electron chi connectivity index (χ0n) is 3.83. The Bertz CT molecular complexity index is 91.1. The second-order valence-electron chi connectivity index (χ2n) is 0.600. The molecule has 0 bridgehead atoms. The van der Waals surface area contributed by atoms with Crippen molar-refractivity contribution in [1.82, 2.24) is 0 Å². The van der Waals surface area contributed by atoms with Crippen LogP contribution in [0.4, 0.5) is 0 Å². The van der Waals surface area contributed by atoms with Gasteiger partial charge in [0, 0.05) is 53.8 Å². The molecule has 0 aliphatic rings. The topological polar surface area (TPSA) is 17.1 Å². The van der Waals surface area contributed by atoms with Crippen LogP contribution in [-0.2, 0) is 58.3 Å². The first-order valence-electron chi connectivity index (χ1n) is 1.17. The van der Waals surface area contributed by atoms with Gasteiger partial charge in [0.1, 0.15) is 7.42 Å². The van der Waals surface area contributed by atoms with Gasteiger partial charge in [0.05, 0.1) is 0 Å². The molecule has 0 rings (SSSR count). The van der Waals surface area contributed by atoms with Crippen molar-refractivity contribution in [2.75, 3.05) is 0 Å². The molecule has 0 aromatic heterocycles. The van der Waals surface area contributed by atoms with Crippen LogP contribution in [0.5, 0.6) is 0 Å². The van der Waals surface area contributed by atoms with Gasteiger partial charge < -0.3 is 0 Å². The van der Waals surface area contributed by atoms with Gasteiger partial charge >= 0.3 is 0 Å². The third-order valence-corrected chi connectivity index (χ3v) is 0.611. The summed E-state index contributed by atoms with van der Waals surface area (Å²) in [6, 6.07) is 0. The molecule has 1 nitrogen and oxygen atoms in total. The van der Waals surface area contributed by atoms with Crippen LogP contribution in [0.1, 0.15) is 0 Å². The maximum atomic E-state index is 9.73. The summed E-state index contributed by atoms with van der Waals surface area (Å²) in [7, 11) is -1.33. The Hall–Kier alpha value is 1.50. The quantitative estimate of drug-likeness (QED) is 0.646. The summed E-state index contributed by atoms with van der Waals surface area (Å²) >= 11 is 0. The van der Waals surface area contributed by atoms with Crippen LogP contribution in [0.15, 0.2) is 12.4 Å². The monoisotopic (exact) mass is 361 g/mol. The molecule has 0 aromatic rings. The maximum absolute atomic E-state index is 9.73. The van der Waals surface area contributed by atoms with Crippen molar-refractivity contribution in [3.8, 4) is 0 Å². The molecular formula is C3H5OPWY. The summed E-state index contributed by atoms with van der Waals surface area (Å²) in [6.45, 7) is 3.21. The van der Waals surface area contributed by atoms with Gasteiger partial charge in [-0.15, -0.1) is 0 Å². The fraction of sp³-hybridized carbons (Fsp3) is 0. The number of rotatable bonds is 1. The average molecular weight is 361 g/mol. The molecule has 0 fully saturated rings. The maximum Gasteiger partial charge on any atom is 0.113 e. The van der Waals surface area contributed by atoms with E-state index in [1.807, 2.05) is 0 Å². The van der Waals surface area contributed by atoms with Crippen LogP contribution in [-0.4, -0.2) is 6.30 Å². The molecule has 0 heterocycles. The first kappa shape index (κ1) is 15.8. The van der Waals surface area contributed by atoms with E-state index in [0.29, 0.717) is 0 Å². The van der Waals surface area contributed by atoms with E-state index >= 15 is 0 Å². The van der Waals surface area contributed by atoms with E-state index in [1.165, 1.54) is 5.82 Å². The van der Waals surface area contributed by atoms with Gasteiger partial charge in [0.15, 0.2) is 0 Å². The molecule has 0 aliphatic heterocycles. The molecule has 4 heteroatoms. The molecule has 0 aromatic carbocycles. The molecule has 0 saturated heterocycles. The third-order valence-electron chi connectivity index (χ3n) is 0.204. The second kappa shape index (κ2) is 10.5. The Morgan fingerprint density at radius 3 is 1.71 bits per heavy atom. The van der Waals surface area contributed by atoms with Gasteiger partial charge in [0.25, 0.3) is 0 Å². The summed E-state index contributed by atoms with van der Waals surface area (Å²) in [5, 5.41) is 0. The van der Waals surface area contributed by atoms with Crippen LogP contribution in [0.2, 0.25) is 0 Å². The Morgan fingerprint density at radius 1 is 1.57 bits per heavy atom. The molecule has 1 unspecified atom stereocenters. The average Bonchev–Trinajstić information content (AvgIpc) is 1.38. The van der Waals surface area contributed by atoms with E-state index in [4.69, 9.17) is 0 Å². The molecule has 1 atom stereocenters. The van der Waals surface area contributed by atoms with Gasteiger partial charge in [-0.1, -0.05) is 6.58 Å². The van der Waals surface area contributed by atoms with E-state index in [9.17, 15) is 4.57 Å². The van der Waals surface area contributed by atoms with Crippen LogP contribution in [0, 0.1) is 0 Å². The third kappa shape index (κ3) is 18.5. The SMILES string of the molecule is C=CP(=C)=O.[W].[Y]. The molecule has 1 radical (unpaired) electrons. The van der Waals surface area contributed by atoms with Crippen molar-refractivity contribution < 1.29 is 58.3 Å². The number of hydrogen-bond acceptors (Lipinski definition) is 1. The normalized spacial score (nSPS) is 7.14. The minimum absolute atomic E-state index is 0. The van der Waals surface area contributed by atoms with Crippen LogP contribution < -0.4 is 0 Å². The van der Waals surface area contributed by atoms with Crippen molar-refractivity contribution in [2.24, 2.45) is 0 Å².